The number of carboxylic acids is 1. The van der Waals surface area contributed by atoms with Crippen LogP contribution < -0.4 is 5.73 Å². The van der Waals surface area contributed by atoms with Crippen molar-refractivity contribution in [2.75, 3.05) is 20.1 Å². The molecular formula is C9H18Cl2N2O2. The first-order valence-corrected chi connectivity index (χ1v) is 4.73. The van der Waals surface area contributed by atoms with E-state index in [1.807, 2.05) is 7.05 Å². The highest BCUT2D eigenvalue weighted by atomic mass is 35.5. The third-order valence-corrected chi connectivity index (χ3v) is 3.47. The molecule has 0 aromatic heterocycles. The molecule has 1 saturated carbocycles. The molecule has 0 amide bonds. The maximum atomic E-state index is 11.0. The van der Waals surface area contributed by atoms with Crippen molar-refractivity contribution in [1.29, 1.82) is 0 Å². The number of rotatable bonds is 1. The van der Waals surface area contributed by atoms with Crippen LogP contribution in [0, 0.1) is 11.8 Å². The SMILES string of the molecule is CN1C[C@H]2C[C@@H](C1)[C@@](N)(C(=O)O)C2.Cl.Cl. The fraction of sp³-hybridized carbons (Fsp3) is 0.889. The topological polar surface area (TPSA) is 66.6 Å². The summed E-state index contributed by atoms with van der Waals surface area (Å²) in [5.41, 5.74) is 4.97. The zero-order valence-electron chi connectivity index (χ0n) is 8.68. The van der Waals surface area contributed by atoms with Crippen LogP contribution in [0.4, 0.5) is 0 Å². The predicted molar refractivity (Wildman–Crippen MR) is 62.8 cm³/mol. The van der Waals surface area contributed by atoms with Crippen LogP contribution in [0.1, 0.15) is 12.8 Å². The highest BCUT2D eigenvalue weighted by Crippen LogP contribution is 2.42. The first kappa shape index (κ1) is 15.0. The lowest BCUT2D eigenvalue weighted by Gasteiger charge is -2.31. The Morgan fingerprint density at radius 1 is 1.47 bits per heavy atom. The highest BCUT2D eigenvalue weighted by molar-refractivity contribution is 5.85. The van der Waals surface area contributed by atoms with Gasteiger partial charge in [0.2, 0.25) is 0 Å². The van der Waals surface area contributed by atoms with Crippen LogP contribution in [0.2, 0.25) is 0 Å². The second kappa shape index (κ2) is 4.87. The minimum absolute atomic E-state index is 0. The van der Waals surface area contributed by atoms with E-state index in [1.54, 1.807) is 0 Å². The van der Waals surface area contributed by atoms with Gasteiger partial charge in [-0.05, 0) is 25.8 Å². The van der Waals surface area contributed by atoms with E-state index < -0.39 is 11.5 Å². The predicted octanol–water partition coefficient (Wildman–Crippen LogP) is 0.584. The lowest BCUT2D eigenvalue weighted by atomic mass is 9.88. The molecule has 2 rings (SSSR count). The zero-order chi connectivity index (χ0) is 9.64. The molecule has 3 N–H and O–H groups in total. The number of fused-ring (bicyclic) bond motifs is 2. The average Bonchev–Trinajstić information content (AvgIpc) is 2.24. The molecule has 1 aliphatic heterocycles. The summed E-state index contributed by atoms with van der Waals surface area (Å²) in [6.45, 7) is 1.84. The highest BCUT2D eigenvalue weighted by Gasteiger charge is 2.52. The molecule has 1 saturated heterocycles. The molecule has 2 aliphatic rings. The van der Waals surface area contributed by atoms with E-state index in [0.29, 0.717) is 12.3 Å². The van der Waals surface area contributed by atoms with E-state index in [-0.39, 0.29) is 30.7 Å². The lowest BCUT2D eigenvalue weighted by Crippen LogP contribution is -2.53. The van der Waals surface area contributed by atoms with Crippen molar-refractivity contribution >= 4 is 30.8 Å². The van der Waals surface area contributed by atoms with Gasteiger partial charge in [0.1, 0.15) is 5.54 Å². The molecule has 2 bridgehead atoms. The van der Waals surface area contributed by atoms with Crippen LogP contribution in [0.15, 0.2) is 0 Å². The Kier molecular flexibility index (Phi) is 4.86. The Hall–Kier alpha value is -0.0300. The Bertz CT molecular complexity index is 252. The van der Waals surface area contributed by atoms with Crippen LogP contribution in [0.3, 0.4) is 0 Å². The van der Waals surface area contributed by atoms with Gasteiger partial charge in [0, 0.05) is 19.0 Å². The van der Waals surface area contributed by atoms with Crippen molar-refractivity contribution in [3.8, 4) is 0 Å². The number of carboxylic acid groups (broad SMARTS) is 1. The molecule has 1 heterocycles. The van der Waals surface area contributed by atoms with E-state index in [0.717, 1.165) is 19.5 Å². The van der Waals surface area contributed by atoms with Gasteiger partial charge in [-0.25, -0.2) is 0 Å². The van der Waals surface area contributed by atoms with E-state index >= 15 is 0 Å². The zero-order valence-corrected chi connectivity index (χ0v) is 10.3. The molecule has 15 heavy (non-hydrogen) atoms. The number of hydrogen-bond acceptors (Lipinski definition) is 3. The third kappa shape index (κ3) is 2.38. The summed E-state index contributed by atoms with van der Waals surface area (Å²) in [5, 5.41) is 9.06. The van der Waals surface area contributed by atoms with Gasteiger partial charge in [0.15, 0.2) is 0 Å². The van der Waals surface area contributed by atoms with Gasteiger partial charge in [-0.1, -0.05) is 0 Å². The van der Waals surface area contributed by atoms with Crippen LogP contribution in [0.5, 0.6) is 0 Å². The number of hydrogen-bond donors (Lipinski definition) is 2. The fourth-order valence-electron chi connectivity index (χ4n) is 2.87. The van der Waals surface area contributed by atoms with E-state index in [9.17, 15) is 4.79 Å². The van der Waals surface area contributed by atoms with Gasteiger partial charge in [-0.15, -0.1) is 24.8 Å². The summed E-state index contributed by atoms with van der Waals surface area (Å²) in [6.07, 6.45) is 1.64. The van der Waals surface area contributed by atoms with Gasteiger partial charge in [-0.3, -0.25) is 4.79 Å². The smallest absolute Gasteiger partial charge is 0.324 e. The largest absolute Gasteiger partial charge is 0.480 e. The molecule has 0 spiro atoms. The number of nitrogens with zero attached hydrogens (tertiary/aromatic N) is 1. The van der Waals surface area contributed by atoms with Crippen molar-refractivity contribution in [2.24, 2.45) is 17.6 Å². The number of aliphatic carboxylic acids is 1. The molecule has 0 radical (unpaired) electrons. The standard InChI is InChI=1S/C9H16N2O2.2ClH/c1-11-4-6-2-7(5-11)9(10,3-6)8(12)13;;/h6-7H,2-5,10H2,1H3,(H,12,13);2*1H/t6-,7-,9+;;/m0../s1. The van der Waals surface area contributed by atoms with Crippen molar-refractivity contribution in [2.45, 2.75) is 18.4 Å². The average molecular weight is 257 g/mol. The first-order chi connectivity index (χ1) is 6.02. The summed E-state index contributed by atoms with van der Waals surface area (Å²) < 4.78 is 0. The molecule has 3 atom stereocenters. The Labute approximate surface area is 102 Å². The Morgan fingerprint density at radius 2 is 2.07 bits per heavy atom. The van der Waals surface area contributed by atoms with Gasteiger partial charge in [0.25, 0.3) is 0 Å². The summed E-state index contributed by atoms with van der Waals surface area (Å²) in [4.78, 5) is 13.2. The maximum absolute atomic E-state index is 11.0. The lowest BCUT2D eigenvalue weighted by molar-refractivity contribution is -0.144. The van der Waals surface area contributed by atoms with Crippen molar-refractivity contribution in [1.82, 2.24) is 4.90 Å². The van der Waals surface area contributed by atoms with Crippen molar-refractivity contribution in [3.63, 3.8) is 0 Å². The van der Waals surface area contributed by atoms with E-state index in [2.05, 4.69) is 4.90 Å². The molecule has 6 heteroatoms. The molecular weight excluding hydrogens is 239 g/mol. The van der Waals surface area contributed by atoms with Crippen LogP contribution in [-0.4, -0.2) is 41.7 Å². The normalized spacial score (nSPS) is 39.1. The summed E-state index contributed by atoms with van der Waals surface area (Å²) in [7, 11) is 2.03. The molecule has 2 fully saturated rings. The number of carbonyl (C=O) groups is 1. The molecule has 1 aliphatic carbocycles. The van der Waals surface area contributed by atoms with Crippen LogP contribution >= 0.6 is 24.8 Å². The Balaban J connectivity index is 0.000000980. The number of likely N-dealkylation sites (tertiary alicyclic amines) is 1. The monoisotopic (exact) mass is 256 g/mol. The number of piperidine rings is 1. The van der Waals surface area contributed by atoms with Crippen molar-refractivity contribution in [3.05, 3.63) is 0 Å². The van der Waals surface area contributed by atoms with Crippen molar-refractivity contribution < 1.29 is 9.90 Å². The van der Waals surface area contributed by atoms with Crippen LogP contribution in [-0.2, 0) is 4.79 Å². The minimum Gasteiger partial charge on any atom is -0.480 e. The first-order valence-electron chi connectivity index (χ1n) is 4.73. The molecule has 90 valence electrons. The maximum Gasteiger partial charge on any atom is 0.324 e. The van der Waals surface area contributed by atoms with Gasteiger partial charge < -0.3 is 15.7 Å². The number of nitrogens with two attached hydrogens (primary N) is 1. The van der Waals surface area contributed by atoms with Gasteiger partial charge in [-0.2, -0.15) is 0 Å². The number of halogens is 2. The summed E-state index contributed by atoms with van der Waals surface area (Å²) >= 11 is 0. The van der Waals surface area contributed by atoms with Crippen LogP contribution in [0.25, 0.3) is 0 Å². The Morgan fingerprint density at radius 3 is 2.60 bits per heavy atom. The second-order valence-corrected chi connectivity index (χ2v) is 4.57. The molecule has 0 aromatic carbocycles. The van der Waals surface area contributed by atoms with E-state index in [4.69, 9.17) is 10.8 Å². The second-order valence-electron chi connectivity index (χ2n) is 4.57. The molecule has 4 nitrogen and oxygen atoms in total. The summed E-state index contributed by atoms with van der Waals surface area (Å²) in [6, 6.07) is 0. The minimum atomic E-state index is -0.949. The van der Waals surface area contributed by atoms with Gasteiger partial charge >= 0.3 is 5.97 Å². The van der Waals surface area contributed by atoms with Gasteiger partial charge in [0.05, 0.1) is 0 Å². The van der Waals surface area contributed by atoms with E-state index in [1.165, 1.54) is 0 Å². The third-order valence-electron chi connectivity index (χ3n) is 3.47. The summed E-state index contributed by atoms with van der Waals surface area (Å²) in [5.74, 6) is -0.186. The molecule has 0 aromatic rings. The molecule has 0 unspecified atom stereocenters. The quantitative estimate of drug-likeness (QED) is 0.721. The fourth-order valence-corrected chi connectivity index (χ4v) is 2.87.